The summed E-state index contributed by atoms with van der Waals surface area (Å²) in [6.45, 7) is 1.24. The number of nitrogens with zero attached hydrogens (tertiary/aromatic N) is 5. The maximum absolute atomic E-state index is 13.2. The van der Waals surface area contributed by atoms with E-state index in [4.69, 9.17) is 10.1 Å². The number of hydrogen-bond donors (Lipinski definition) is 0. The molecule has 0 radical (unpaired) electrons. The maximum Gasteiger partial charge on any atom is 0.253 e. The van der Waals surface area contributed by atoms with Gasteiger partial charge in [0, 0.05) is 54.3 Å². The first-order valence-corrected chi connectivity index (χ1v) is 9.99. The van der Waals surface area contributed by atoms with Crippen molar-refractivity contribution >= 4 is 11.6 Å². The fourth-order valence-electron chi connectivity index (χ4n) is 3.92. The molecule has 1 amide bonds. The summed E-state index contributed by atoms with van der Waals surface area (Å²) in [4.78, 5) is 23.5. The third-order valence-corrected chi connectivity index (χ3v) is 5.51. The quantitative estimate of drug-likeness (QED) is 0.521. The lowest BCUT2D eigenvalue weighted by molar-refractivity contribution is 0.0704. The molecule has 7 heteroatoms. The van der Waals surface area contributed by atoms with Gasteiger partial charge in [-0.2, -0.15) is 5.10 Å². The van der Waals surface area contributed by atoms with Crippen LogP contribution in [0.15, 0.2) is 67.1 Å². The second kappa shape index (κ2) is 7.67. The van der Waals surface area contributed by atoms with E-state index < -0.39 is 0 Å². The number of aromatic nitrogens is 4. The average Bonchev–Trinajstić information content (AvgIpc) is 3.23. The average molecular weight is 401 g/mol. The molecular formula is C23H20FN5O. The van der Waals surface area contributed by atoms with Gasteiger partial charge in [0.1, 0.15) is 5.82 Å². The maximum atomic E-state index is 13.2. The molecule has 1 fully saturated rings. The van der Waals surface area contributed by atoms with Crippen molar-refractivity contribution in [3.8, 4) is 11.1 Å². The lowest BCUT2D eigenvalue weighted by atomic mass is 9.96. The Balaban J connectivity index is 1.38. The normalized spacial score (nSPS) is 16.7. The molecule has 1 aromatic carbocycles. The lowest BCUT2D eigenvalue weighted by Crippen LogP contribution is -2.39. The number of piperidine rings is 1. The summed E-state index contributed by atoms with van der Waals surface area (Å²) < 4.78 is 15.0. The van der Waals surface area contributed by atoms with Gasteiger partial charge in [-0.25, -0.2) is 13.9 Å². The Morgan fingerprint density at radius 1 is 1.07 bits per heavy atom. The van der Waals surface area contributed by atoms with Crippen molar-refractivity contribution in [3.63, 3.8) is 0 Å². The van der Waals surface area contributed by atoms with Crippen LogP contribution in [-0.4, -0.2) is 43.5 Å². The zero-order valence-corrected chi connectivity index (χ0v) is 16.3. The van der Waals surface area contributed by atoms with Crippen LogP contribution in [0.1, 0.15) is 34.9 Å². The highest BCUT2D eigenvalue weighted by Gasteiger charge is 2.28. The van der Waals surface area contributed by atoms with E-state index in [-0.39, 0.29) is 17.6 Å². The van der Waals surface area contributed by atoms with Gasteiger partial charge in [-0.15, -0.1) is 0 Å². The number of pyridine rings is 2. The molecule has 1 atom stereocenters. The largest absolute Gasteiger partial charge is 0.338 e. The fraction of sp³-hybridized carbons (Fsp3) is 0.217. The third kappa shape index (κ3) is 3.54. The zero-order chi connectivity index (χ0) is 20.5. The Hall–Kier alpha value is -3.61. The van der Waals surface area contributed by atoms with Crippen LogP contribution in [0, 0.1) is 5.82 Å². The highest BCUT2D eigenvalue weighted by molar-refractivity contribution is 5.94. The standard InChI is InChI=1S/C23H20FN5O/c24-20-8-5-16(6-9-20)23(30)28-12-2-4-19(14-28)22-26-21-10-7-18(15-29(21)27-22)17-3-1-11-25-13-17/h1,3,5-11,13,15,19H,2,4,12,14H2/t19-/m0/s1. The first-order chi connectivity index (χ1) is 14.7. The van der Waals surface area contributed by atoms with Crippen LogP contribution in [0.4, 0.5) is 4.39 Å². The number of carbonyl (C=O) groups excluding carboxylic acids is 1. The highest BCUT2D eigenvalue weighted by atomic mass is 19.1. The van der Waals surface area contributed by atoms with E-state index in [0.29, 0.717) is 18.7 Å². The van der Waals surface area contributed by atoms with Crippen molar-refractivity contribution in [3.05, 3.63) is 84.3 Å². The van der Waals surface area contributed by atoms with Gasteiger partial charge in [0.25, 0.3) is 5.91 Å². The number of likely N-dealkylation sites (tertiary alicyclic amines) is 1. The Morgan fingerprint density at radius 2 is 1.93 bits per heavy atom. The molecule has 0 saturated carbocycles. The molecule has 1 saturated heterocycles. The molecule has 0 bridgehead atoms. The molecule has 0 unspecified atom stereocenters. The van der Waals surface area contributed by atoms with E-state index in [0.717, 1.165) is 35.4 Å². The first kappa shape index (κ1) is 18.4. The molecule has 3 aromatic heterocycles. The van der Waals surface area contributed by atoms with E-state index in [2.05, 4.69) is 4.98 Å². The predicted octanol–water partition coefficient (Wildman–Crippen LogP) is 3.95. The van der Waals surface area contributed by atoms with Gasteiger partial charge in [0.05, 0.1) is 0 Å². The SMILES string of the molecule is O=C(c1ccc(F)cc1)N1CCC[C@H](c2nc3ccc(-c4cccnc4)cn3n2)C1. The van der Waals surface area contributed by atoms with Crippen LogP contribution in [-0.2, 0) is 0 Å². The van der Waals surface area contributed by atoms with E-state index >= 15 is 0 Å². The minimum absolute atomic E-state index is 0.0740. The van der Waals surface area contributed by atoms with Crippen molar-refractivity contribution < 1.29 is 9.18 Å². The molecule has 30 heavy (non-hydrogen) atoms. The third-order valence-electron chi connectivity index (χ3n) is 5.51. The van der Waals surface area contributed by atoms with Crippen molar-refractivity contribution in [1.82, 2.24) is 24.5 Å². The van der Waals surface area contributed by atoms with Gasteiger partial charge in [0.2, 0.25) is 0 Å². The molecule has 0 N–H and O–H groups in total. The molecule has 4 heterocycles. The summed E-state index contributed by atoms with van der Waals surface area (Å²) in [5.41, 5.74) is 3.31. The smallest absolute Gasteiger partial charge is 0.253 e. The van der Waals surface area contributed by atoms with Crippen molar-refractivity contribution in [1.29, 1.82) is 0 Å². The van der Waals surface area contributed by atoms with E-state index in [1.54, 1.807) is 10.7 Å². The number of hydrogen-bond acceptors (Lipinski definition) is 4. The molecule has 1 aliphatic rings. The molecule has 0 aliphatic carbocycles. The van der Waals surface area contributed by atoms with Crippen LogP contribution in [0.5, 0.6) is 0 Å². The molecule has 4 aromatic rings. The van der Waals surface area contributed by atoms with Gasteiger partial charge < -0.3 is 4.90 Å². The number of benzene rings is 1. The summed E-state index contributed by atoms with van der Waals surface area (Å²) in [5.74, 6) is 0.393. The van der Waals surface area contributed by atoms with Crippen molar-refractivity contribution in [2.75, 3.05) is 13.1 Å². The van der Waals surface area contributed by atoms with Gasteiger partial charge in [-0.05, 0) is 55.3 Å². The van der Waals surface area contributed by atoms with Crippen LogP contribution < -0.4 is 0 Å². The minimum Gasteiger partial charge on any atom is -0.338 e. The van der Waals surface area contributed by atoms with Gasteiger partial charge in [0.15, 0.2) is 11.5 Å². The summed E-state index contributed by atoms with van der Waals surface area (Å²) in [5, 5.41) is 4.70. The summed E-state index contributed by atoms with van der Waals surface area (Å²) in [6, 6.07) is 13.6. The van der Waals surface area contributed by atoms with Crippen molar-refractivity contribution in [2.45, 2.75) is 18.8 Å². The van der Waals surface area contributed by atoms with Crippen molar-refractivity contribution in [2.24, 2.45) is 0 Å². The molecule has 5 rings (SSSR count). The summed E-state index contributed by atoms with van der Waals surface area (Å²) in [7, 11) is 0. The number of amides is 1. The Labute approximate surface area is 173 Å². The molecular weight excluding hydrogens is 381 g/mol. The van der Waals surface area contributed by atoms with E-state index in [9.17, 15) is 9.18 Å². The van der Waals surface area contributed by atoms with E-state index in [1.807, 2.05) is 41.6 Å². The topological polar surface area (TPSA) is 63.4 Å². The highest BCUT2D eigenvalue weighted by Crippen LogP contribution is 2.27. The second-order valence-corrected chi connectivity index (χ2v) is 7.53. The van der Waals surface area contributed by atoms with Crippen LogP contribution in [0.2, 0.25) is 0 Å². The lowest BCUT2D eigenvalue weighted by Gasteiger charge is -2.31. The van der Waals surface area contributed by atoms with E-state index in [1.165, 1.54) is 24.3 Å². The number of carbonyl (C=O) groups is 1. The number of rotatable bonds is 3. The Kier molecular flexibility index (Phi) is 4.71. The molecule has 6 nitrogen and oxygen atoms in total. The Bertz CT molecular complexity index is 1190. The van der Waals surface area contributed by atoms with Crippen LogP contribution in [0.3, 0.4) is 0 Å². The van der Waals surface area contributed by atoms with Gasteiger partial charge in [-0.1, -0.05) is 6.07 Å². The fourth-order valence-corrected chi connectivity index (χ4v) is 3.92. The van der Waals surface area contributed by atoms with Crippen LogP contribution in [0.25, 0.3) is 16.8 Å². The van der Waals surface area contributed by atoms with Crippen LogP contribution >= 0.6 is 0 Å². The van der Waals surface area contributed by atoms with Gasteiger partial charge >= 0.3 is 0 Å². The predicted molar refractivity (Wildman–Crippen MR) is 110 cm³/mol. The minimum atomic E-state index is -0.345. The monoisotopic (exact) mass is 401 g/mol. The number of fused-ring (bicyclic) bond motifs is 1. The summed E-state index contributed by atoms with van der Waals surface area (Å²) >= 11 is 0. The molecule has 1 aliphatic heterocycles. The van der Waals surface area contributed by atoms with Gasteiger partial charge in [-0.3, -0.25) is 9.78 Å². The zero-order valence-electron chi connectivity index (χ0n) is 16.3. The first-order valence-electron chi connectivity index (χ1n) is 9.99. The molecule has 150 valence electrons. The molecule has 0 spiro atoms. The Morgan fingerprint density at radius 3 is 2.73 bits per heavy atom. The second-order valence-electron chi connectivity index (χ2n) is 7.53. The summed E-state index contributed by atoms with van der Waals surface area (Å²) in [6.07, 6.45) is 7.33. The number of halogens is 1.